The van der Waals surface area contributed by atoms with Crippen molar-refractivity contribution in [3.8, 4) is 16.6 Å². The second-order valence-electron chi connectivity index (χ2n) is 7.22. The number of carbonyl (C=O) groups is 1. The molecular formula is C22H19ClN4O3S2. The van der Waals surface area contributed by atoms with Crippen LogP contribution in [0.5, 0.6) is 0 Å². The molecule has 0 radical (unpaired) electrons. The number of piperazine rings is 1. The number of halogens is 1. The third kappa shape index (κ3) is 4.69. The minimum atomic E-state index is -3.79. The van der Waals surface area contributed by atoms with E-state index in [0.29, 0.717) is 23.8 Å². The highest BCUT2D eigenvalue weighted by Gasteiger charge is 2.31. The number of thiazole rings is 1. The molecule has 1 aromatic heterocycles. The van der Waals surface area contributed by atoms with Crippen molar-refractivity contribution in [3.63, 3.8) is 0 Å². The van der Waals surface area contributed by atoms with E-state index in [0.717, 1.165) is 10.6 Å². The average Bonchev–Trinajstić information content (AvgIpc) is 3.28. The van der Waals surface area contributed by atoms with E-state index >= 15 is 0 Å². The van der Waals surface area contributed by atoms with E-state index in [-0.39, 0.29) is 35.9 Å². The maximum Gasteiger partial charge on any atom is 0.244 e. The summed E-state index contributed by atoms with van der Waals surface area (Å²) >= 11 is 7.39. The lowest BCUT2D eigenvalue weighted by atomic mass is 10.2. The zero-order valence-corrected chi connectivity index (χ0v) is 19.3. The van der Waals surface area contributed by atoms with Gasteiger partial charge >= 0.3 is 0 Å². The fraction of sp³-hybridized carbons (Fsp3) is 0.227. The number of aromatic nitrogens is 1. The van der Waals surface area contributed by atoms with Crippen molar-refractivity contribution >= 4 is 38.9 Å². The van der Waals surface area contributed by atoms with E-state index in [4.69, 9.17) is 11.6 Å². The van der Waals surface area contributed by atoms with Crippen molar-refractivity contribution < 1.29 is 13.2 Å². The highest BCUT2D eigenvalue weighted by atomic mass is 35.5. The summed E-state index contributed by atoms with van der Waals surface area (Å²) < 4.78 is 27.2. The summed E-state index contributed by atoms with van der Waals surface area (Å²) in [5.74, 6) is -0.0903. The number of amides is 1. The molecule has 10 heteroatoms. The molecule has 1 aliphatic rings. The number of nitriles is 1. The van der Waals surface area contributed by atoms with Crippen LogP contribution in [0.15, 0.2) is 58.8 Å². The van der Waals surface area contributed by atoms with E-state index in [2.05, 4.69) is 4.98 Å². The standard InChI is InChI=1S/C22H19ClN4O3S2/c23-18-7-5-16(6-8-18)22-25-19(15-31-22)13-21(28)26-9-11-27(12-10-26)32(29,30)20-4-2-1-3-17(20)14-24/h1-8,15H,9-13H2. The second-order valence-corrected chi connectivity index (χ2v) is 10.4. The first kappa shape index (κ1) is 22.4. The Bertz CT molecular complexity index is 1280. The van der Waals surface area contributed by atoms with Crippen LogP contribution < -0.4 is 0 Å². The van der Waals surface area contributed by atoms with Gasteiger partial charge in [0.1, 0.15) is 11.1 Å². The first-order valence-corrected chi connectivity index (χ1v) is 12.6. The van der Waals surface area contributed by atoms with Crippen molar-refractivity contribution in [1.29, 1.82) is 5.26 Å². The number of hydrogen-bond acceptors (Lipinski definition) is 6. The molecule has 1 saturated heterocycles. The number of nitrogens with zero attached hydrogens (tertiary/aromatic N) is 4. The molecule has 0 unspecified atom stereocenters. The Hall–Kier alpha value is -2.77. The molecule has 3 aromatic rings. The van der Waals surface area contributed by atoms with Gasteiger partial charge in [-0.25, -0.2) is 13.4 Å². The largest absolute Gasteiger partial charge is 0.340 e. The van der Waals surface area contributed by atoms with Crippen LogP contribution in [0.3, 0.4) is 0 Å². The third-order valence-corrected chi connectivity index (χ3v) is 8.34. The lowest BCUT2D eigenvalue weighted by Gasteiger charge is -2.34. The van der Waals surface area contributed by atoms with Gasteiger partial charge in [-0.2, -0.15) is 9.57 Å². The van der Waals surface area contributed by atoms with Crippen LogP contribution in [-0.4, -0.2) is 54.7 Å². The molecule has 1 fully saturated rings. The molecule has 1 amide bonds. The van der Waals surface area contributed by atoms with Crippen LogP contribution in [0.4, 0.5) is 0 Å². The van der Waals surface area contributed by atoms with Gasteiger partial charge in [0.15, 0.2) is 0 Å². The third-order valence-electron chi connectivity index (χ3n) is 5.19. The number of rotatable bonds is 5. The molecule has 2 aromatic carbocycles. The van der Waals surface area contributed by atoms with Crippen LogP contribution >= 0.6 is 22.9 Å². The maximum atomic E-state index is 12.9. The SMILES string of the molecule is N#Cc1ccccc1S(=O)(=O)N1CCN(C(=O)Cc2csc(-c3ccc(Cl)cc3)n2)CC1. The maximum absolute atomic E-state index is 12.9. The highest BCUT2D eigenvalue weighted by molar-refractivity contribution is 7.89. The molecular weight excluding hydrogens is 468 g/mol. The summed E-state index contributed by atoms with van der Waals surface area (Å²) in [4.78, 5) is 19.0. The Morgan fingerprint density at radius 2 is 1.78 bits per heavy atom. The molecule has 0 N–H and O–H groups in total. The topological polar surface area (TPSA) is 94.4 Å². The second kappa shape index (κ2) is 9.38. The lowest BCUT2D eigenvalue weighted by molar-refractivity contribution is -0.131. The van der Waals surface area contributed by atoms with Crippen molar-refractivity contribution in [2.75, 3.05) is 26.2 Å². The first-order chi connectivity index (χ1) is 15.4. The van der Waals surface area contributed by atoms with Crippen LogP contribution in [0.1, 0.15) is 11.3 Å². The Morgan fingerprint density at radius 3 is 2.47 bits per heavy atom. The quantitative estimate of drug-likeness (QED) is 0.550. The number of carbonyl (C=O) groups excluding carboxylic acids is 1. The summed E-state index contributed by atoms with van der Waals surface area (Å²) in [6, 6.07) is 15.4. The van der Waals surface area contributed by atoms with E-state index < -0.39 is 10.0 Å². The fourth-order valence-electron chi connectivity index (χ4n) is 3.48. The Balaban J connectivity index is 1.38. The molecule has 164 valence electrons. The minimum Gasteiger partial charge on any atom is -0.340 e. The van der Waals surface area contributed by atoms with Crippen LogP contribution in [-0.2, 0) is 21.2 Å². The van der Waals surface area contributed by atoms with Gasteiger partial charge in [0.2, 0.25) is 15.9 Å². The molecule has 0 atom stereocenters. The van der Waals surface area contributed by atoms with Crippen LogP contribution in [0, 0.1) is 11.3 Å². The lowest BCUT2D eigenvalue weighted by Crippen LogP contribution is -2.51. The van der Waals surface area contributed by atoms with Gasteiger partial charge in [-0.05, 0) is 24.3 Å². The van der Waals surface area contributed by atoms with Crippen molar-refractivity contribution in [1.82, 2.24) is 14.2 Å². The predicted molar refractivity (Wildman–Crippen MR) is 123 cm³/mol. The summed E-state index contributed by atoms with van der Waals surface area (Å²) in [7, 11) is -3.79. The van der Waals surface area contributed by atoms with E-state index in [1.54, 1.807) is 29.2 Å². The zero-order valence-electron chi connectivity index (χ0n) is 16.9. The van der Waals surface area contributed by atoms with Crippen LogP contribution in [0.25, 0.3) is 10.6 Å². The Kier molecular flexibility index (Phi) is 6.58. The molecule has 0 aliphatic carbocycles. The van der Waals surface area contributed by atoms with E-state index in [1.165, 1.54) is 27.8 Å². The summed E-state index contributed by atoms with van der Waals surface area (Å²) in [5.41, 5.74) is 1.74. The number of sulfonamides is 1. The van der Waals surface area contributed by atoms with Gasteiger partial charge in [0.25, 0.3) is 0 Å². The monoisotopic (exact) mass is 486 g/mol. The summed E-state index contributed by atoms with van der Waals surface area (Å²) in [5, 5.41) is 12.6. The van der Waals surface area contributed by atoms with Gasteiger partial charge in [0.05, 0.1) is 22.6 Å². The predicted octanol–water partition coefficient (Wildman–Crippen LogP) is 3.41. The molecule has 0 spiro atoms. The van der Waals surface area contributed by atoms with Gasteiger partial charge in [-0.1, -0.05) is 35.9 Å². The number of benzene rings is 2. The fourth-order valence-corrected chi connectivity index (χ4v) is 6.00. The average molecular weight is 487 g/mol. The Labute approximate surface area is 195 Å². The molecule has 1 aliphatic heterocycles. The van der Waals surface area contributed by atoms with Crippen molar-refractivity contribution in [2.45, 2.75) is 11.3 Å². The summed E-state index contributed by atoms with van der Waals surface area (Å²) in [6.45, 7) is 0.948. The number of hydrogen-bond donors (Lipinski definition) is 0. The molecule has 0 bridgehead atoms. The molecule has 2 heterocycles. The van der Waals surface area contributed by atoms with E-state index in [1.807, 2.05) is 23.6 Å². The molecule has 4 rings (SSSR count). The minimum absolute atomic E-state index is 0.000483. The zero-order chi connectivity index (χ0) is 22.7. The smallest absolute Gasteiger partial charge is 0.244 e. The van der Waals surface area contributed by atoms with Gasteiger partial charge in [-0.15, -0.1) is 11.3 Å². The first-order valence-electron chi connectivity index (χ1n) is 9.86. The molecule has 32 heavy (non-hydrogen) atoms. The van der Waals surface area contributed by atoms with Gasteiger partial charge in [-0.3, -0.25) is 4.79 Å². The van der Waals surface area contributed by atoms with Crippen LogP contribution in [0.2, 0.25) is 5.02 Å². The van der Waals surface area contributed by atoms with Gasteiger partial charge in [0, 0.05) is 42.1 Å². The Morgan fingerprint density at radius 1 is 1.09 bits per heavy atom. The van der Waals surface area contributed by atoms with Gasteiger partial charge < -0.3 is 4.90 Å². The normalized spacial score (nSPS) is 14.8. The molecule has 0 saturated carbocycles. The highest BCUT2D eigenvalue weighted by Crippen LogP contribution is 2.26. The van der Waals surface area contributed by atoms with Crippen molar-refractivity contribution in [3.05, 3.63) is 70.2 Å². The summed E-state index contributed by atoms with van der Waals surface area (Å²) in [6.07, 6.45) is 0.161. The van der Waals surface area contributed by atoms with Crippen molar-refractivity contribution in [2.24, 2.45) is 0 Å². The molecule has 7 nitrogen and oxygen atoms in total. The van der Waals surface area contributed by atoms with E-state index in [9.17, 15) is 18.5 Å².